The maximum atomic E-state index is 12.0. The molecular weight excluding hydrogens is 278 g/mol. The first-order valence-corrected chi connectivity index (χ1v) is 8.05. The summed E-state index contributed by atoms with van der Waals surface area (Å²) in [5.74, 6) is 0.807. The summed E-state index contributed by atoms with van der Waals surface area (Å²) in [7, 11) is 0. The molecule has 1 saturated carbocycles. The number of aliphatic hydroxyl groups is 1. The van der Waals surface area contributed by atoms with Crippen molar-refractivity contribution in [3.05, 3.63) is 24.3 Å². The molecule has 3 N–H and O–H groups in total. The molecule has 5 heteroatoms. The number of carbonyl (C=O) groups excluding carboxylic acids is 1. The largest absolute Gasteiger partial charge is 0.389 e. The van der Waals surface area contributed by atoms with E-state index in [0.717, 1.165) is 23.8 Å². The van der Waals surface area contributed by atoms with E-state index >= 15 is 0 Å². The Kier molecular flexibility index (Phi) is 4.00. The summed E-state index contributed by atoms with van der Waals surface area (Å²) >= 11 is 0. The topological polar surface area (TPSA) is 64.6 Å². The lowest BCUT2D eigenvalue weighted by molar-refractivity contribution is 0.0826. The first-order valence-electron chi connectivity index (χ1n) is 8.05. The van der Waals surface area contributed by atoms with Crippen molar-refractivity contribution >= 4 is 17.4 Å². The number of amides is 2. The van der Waals surface area contributed by atoms with Crippen LogP contribution in [0, 0.1) is 5.92 Å². The highest BCUT2D eigenvalue weighted by Gasteiger charge is 2.38. The molecule has 3 rings (SSSR count). The number of carbonyl (C=O) groups is 1. The van der Waals surface area contributed by atoms with Gasteiger partial charge in [-0.15, -0.1) is 0 Å². The molecule has 2 fully saturated rings. The highest BCUT2D eigenvalue weighted by Crippen LogP contribution is 2.42. The Balaban J connectivity index is 1.68. The molecule has 1 saturated heterocycles. The maximum Gasteiger partial charge on any atom is 0.319 e. The van der Waals surface area contributed by atoms with Crippen LogP contribution in [0.3, 0.4) is 0 Å². The third-order valence-electron chi connectivity index (χ3n) is 4.55. The van der Waals surface area contributed by atoms with Gasteiger partial charge in [-0.05, 0) is 51.2 Å². The minimum Gasteiger partial charge on any atom is -0.389 e. The Morgan fingerprint density at radius 2 is 2.14 bits per heavy atom. The number of rotatable bonds is 4. The molecule has 0 aromatic heterocycles. The lowest BCUT2D eigenvalue weighted by atomic mass is 10.1. The number of hydrogen-bond acceptors (Lipinski definition) is 3. The van der Waals surface area contributed by atoms with Gasteiger partial charge in [-0.3, -0.25) is 0 Å². The molecule has 22 heavy (non-hydrogen) atoms. The second kappa shape index (κ2) is 5.80. The highest BCUT2D eigenvalue weighted by atomic mass is 16.3. The van der Waals surface area contributed by atoms with Crippen LogP contribution in [0.25, 0.3) is 0 Å². The fourth-order valence-electron chi connectivity index (χ4n) is 3.51. The Morgan fingerprint density at radius 3 is 2.77 bits per heavy atom. The van der Waals surface area contributed by atoms with Gasteiger partial charge in [-0.2, -0.15) is 0 Å². The van der Waals surface area contributed by atoms with Crippen LogP contribution in [-0.2, 0) is 0 Å². The summed E-state index contributed by atoms with van der Waals surface area (Å²) in [6.45, 7) is 4.65. The molecule has 5 nitrogen and oxygen atoms in total. The number of nitrogens with one attached hydrogen (secondary N) is 2. The summed E-state index contributed by atoms with van der Waals surface area (Å²) in [6, 6.07) is 8.30. The number of fused-ring (bicyclic) bond motifs is 2. The number of anilines is 2. The van der Waals surface area contributed by atoms with Crippen LogP contribution in [-0.4, -0.2) is 35.9 Å². The fraction of sp³-hybridized carbons (Fsp3) is 0.588. The van der Waals surface area contributed by atoms with Gasteiger partial charge in [-0.25, -0.2) is 4.79 Å². The number of benzene rings is 1. The van der Waals surface area contributed by atoms with Crippen molar-refractivity contribution in [3.63, 3.8) is 0 Å². The van der Waals surface area contributed by atoms with Gasteiger partial charge in [0.25, 0.3) is 0 Å². The molecule has 0 radical (unpaired) electrons. The van der Waals surface area contributed by atoms with Crippen molar-refractivity contribution in [2.75, 3.05) is 23.3 Å². The highest BCUT2D eigenvalue weighted by molar-refractivity contribution is 5.93. The quantitative estimate of drug-likeness (QED) is 0.801. The average molecular weight is 303 g/mol. The average Bonchev–Trinajstić information content (AvgIpc) is 3.08. The van der Waals surface area contributed by atoms with Gasteiger partial charge in [0, 0.05) is 19.1 Å². The third-order valence-corrected chi connectivity index (χ3v) is 4.55. The van der Waals surface area contributed by atoms with Crippen molar-refractivity contribution in [2.45, 2.75) is 44.8 Å². The number of nitrogens with zero attached hydrogens (tertiary/aromatic N) is 1. The van der Waals surface area contributed by atoms with Crippen LogP contribution < -0.4 is 15.5 Å². The van der Waals surface area contributed by atoms with E-state index in [2.05, 4.69) is 21.6 Å². The predicted octanol–water partition coefficient (Wildman–Crippen LogP) is 2.57. The molecule has 1 heterocycles. The van der Waals surface area contributed by atoms with Crippen LogP contribution in [0.15, 0.2) is 24.3 Å². The van der Waals surface area contributed by atoms with Crippen molar-refractivity contribution in [2.24, 2.45) is 5.92 Å². The number of urea groups is 1. The number of piperidine rings is 1. The zero-order chi connectivity index (χ0) is 15.7. The van der Waals surface area contributed by atoms with Crippen LogP contribution in [0.2, 0.25) is 0 Å². The summed E-state index contributed by atoms with van der Waals surface area (Å²) < 4.78 is 0. The zero-order valence-electron chi connectivity index (χ0n) is 13.3. The molecule has 2 atom stereocenters. The van der Waals surface area contributed by atoms with Gasteiger partial charge in [-0.1, -0.05) is 12.1 Å². The first kappa shape index (κ1) is 15.2. The second-order valence-corrected chi connectivity index (χ2v) is 7.12. The van der Waals surface area contributed by atoms with E-state index in [1.165, 1.54) is 19.3 Å². The first-order chi connectivity index (χ1) is 10.4. The van der Waals surface area contributed by atoms with Crippen LogP contribution >= 0.6 is 0 Å². The SMILES string of the molecule is CC(C)(O)CNC(=O)Nc1ccccc1N1CC2CCC1C2. The predicted molar refractivity (Wildman–Crippen MR) is 88.2 cm³/mol. The molecular formula is C17H25N3O2. The molecule has 1 aromatic rings. The molecule has 2 bridgehead atoms. The summed E-state index contributed by atoms with van der Waals surface area (Å²) in [5.41, 5.74) is 1.03. The molecule has 2 aliphatic rings. The van der Waals surface area contributed by atoms with Crippen molar-refractivity contribution < 1.29 is 9.90 Å². The van der Waals surface area contributed by atoms with Crippen LogP contribution in [0.1, 0.15) is 33.1 Å². The fourth-order valence-corrected chi connectivity index (χ4v) is 3.51. The Labute approximate surface area is 131 Å². The van der Waals surface area contributed by atoms with Gasteiger partial charge in [0.05, 0.1) is 17.0 Å². The van der Waals surface area contributed by atoms with E-state index < -0.39 is 5.60 Å². The Morgan fingerprint density at radius 1 is 1.36 bits per heavy atom. The van der Waals surface area contributed by atoms with E-state index in [4.69, 9.17) is 0 Å². The van der Waals surface area contributed by atoms with E-state index in [-0.39, 0.29) is 12.6 Å². The van der Waals surface area contributed by atoms with E-state index in [1.54, 1.807) is 13.8 Å². The molecule has 0 spiro atoms. The molecule has 120 valence electrons. The summed E-state index contributed by atoms with van der Waals surface area (Å²) in [4.78, 5) is 14.5. The van der Waals surface area contributed by atoms with E-state index in [9.17, 15) is 9.90 Å². The van der Waals surface area contributed by atoms with Crippen LogP contribution in [0.4, 0.5) is 16.2 Å². The summed E-state index contributed by atoms with van der Waals surface area (Å²) in [6.07, 6.45) is 3.87. The second-order valence-electron chi connectivity index (χ2n) is 7.12. The Bertz CT molecular complexity index is 553. The van der Waals surface area contributed by atoms with Gasteiger partial charge < -0.3 is 20.6 Å². The molecule has 2 unspecified atom stereocenters. The van der Waals surface area contributed by atoms with Crippen molar-refractivity contribution in [1.29, 1.82) is 0 Å². The normalized spacial score (nSPS) is 23.7. The zero-order valence-corrected chi connectivity index (χ0v) is 13.3. The van der Waals surface area contributed by atoms with Crippen molar-refractivity contribution in [3.8, 4) is 0 Å². The van der Waals surface area contributed by atoms with Crippen molar-refractivity contribution in [1.82, 2.24) is 5.32 Å². The lowest BCUT2D eigenvalue weighted by Gasteiger charge is -2.31. The summed E-state index contributed by atoms with van der Waals surface area (Å²) in [5, 5.41) is 15.3. The minimum absolute atomic E-state index is 0.218. The van der Waals surface area contributed by atoms with E-state index in [0.29, 0.717) is 6.04 Å². The van der Waals surface area contributed by atoms with Gasteiger partial charge in [0.1, 0.15) is 0 Å². The standard InChI is InChI=1S/C17H25N3O2/c1-17(2,22)11-18-16(21)19-14-5-3-4-6-15(14)20-10-12-7-8-13(20)9-12/h3-6,12-13,22H,7-11H2,1-2H3,(H2,18,19,21). The molecule has 2 amide bonds. The Hall–Kier alpha value is -1.75. The third kappa shape index (κ3) is 3.35. The maximum absolute atomic E-state index is 12.0. The van der Waals surface area contributed by atoms with E-state index in [1.807, 2.05) is 18.2 Å². The van der Waals surface area contributed by atoms with Gasteiger partial charge in [0.2, 0.25) is 0 Å². The number of para-hydroxylation sites is 2. The molecule has 1 aliphatic carbocycles. The van der Waals surface area contributed by atoms with Gasteiger partial charge in [0.15, 0.2) is 0 Å². The van der Waals surface area contributed by atoms with Crippen LogP contribution in [0.5, 0.6) is 0 Å². The monoisotopic (exact) mass is 303 g/mol. The lowest BCUT2D eigenvalue weighted by Crippen LogP contribution is -2.40. The van der Waals surface area contributed by atoms with Gasteiger partial charge >= 0.3 is 6.03 Å². The smallest absolute Gasteiger partial charge is 0.319 e. The number of hydrogen-bond donors (Lipinski definition) is 3. The molecule has 1 aromatic carbocycles. The molecule has 1 aliphatic heterocycles. The minimum atomic E-state index is -0.912.